The van der Waals surface area contributed by atoms with Gasteiger partial charge in [0.25, 0.3) is 5.91 Å². The Morgan fingerprint density at radius 3 is 2.28 bits per heavy atom. The summed E-state index contributed by atoms with van der Waals surface area (Å²) >= 11 is 1.17. The number of fused-ring (bicyclic) bond motifs is 1. The van der Waals surface area contributed by atoms with Crippen LogP contribution in [0.25, 0.3) is 22.0 Å². The molecule has 5 rings (SSSR count). The van der Waals surface area contributed by atoms with Crippen molar-refractivity contribution in [2.24, 2.45) is 0 Å². The summed E-state index contributed by atoms with van der Waals surface area (Å²) < 4.78 is 53.5. The zero-order valence-corrected chi connectivity index (χ0v) is 23.1. The number of nitrogens with zero attached hydrogens (tertiary/aromatic N) is 1. The lowest BCUT2D eigenvalue weighted by Gasteiger charge is -2.16. The van der Waals surface area contributed by atoms with E-state index in [1.165, 1.54) is 48.2 Å². The van der Waals surface area contributed by atoms with Crippen LogP contribution in [0.15, 0.2) is 94.9 Å². The first-order valence-electron chi connectivity index (χ1n) is 12.8. The number of nitrogens with one attached hydrogen (secondary N) is 2. The number of carbonyl (C=O) groups excluding carboxylic acids is 1. The number of carboxylic acid groups (broad SMARTS) is 1. The lowest BCUT2D eigenvalue weighted by molar-refractivity contribution is -0.137. The van der Waals surface area contributed by atoms with Crippen molar-refractivity contribution in [3.8, 4) is 17.2 Å². The quantitative estimate of drug-likeness (QED) is 0.163. The zero-order chi connectivity index (χ0) is 30.9. The number of H-pyrrole nitrogens is 1. The molecular weight excluding hydrogens is 582 g/mol. The monoisotopic (exact) mass is 603 g/mol. The number of halogens is 4. The van der Waals surface area contributed by atoms with E-state index in [1.807, 2.05) is 6.07 Å². The van der Waals surface area contributed by atoms with Crippen molar-refractivity contribution < 1.29 is 32.3 Å². The number of hydrogen-bond acceptors (Lipinski definition) is 4. The number of aromatic amines is 1. The average Bonchev–Trinajstić information content (AvgIpc) is 3.38. The van der Waals surface area contributed by atoms with Gasteiger partial charge < -0.3 is 15.4 Å². The van der Waals surface area contributed by atoms with Crippen molar-refractivity contribution in [2.45, 2.75) is 28.9 Å². The molecule has 0 aliphatic rings. The number of benzene rings is 4. The molecule has 0 aliphatic carbocycles. The highest BCUT2D eigenvalue weighted by Crippen LogP contribution is 2.39. The normalized spacial score (nSPS) is 12.1. The van der Waals surface area contributed by atoms with Crippen LogP contribution in [0.5, 0.6) is 0 Å². The lowest BCUT2D eigenvalue weighted by atomic mass is 9.98. The third-order valence-electron chi connectivity index (χ3n) is 6.76. The van der Waals surface area contributed by atoms with Crippen LogP contribution < -0.4 is 5.32 Å². The first kappa shape index (κ1) is 29.4. The number of alkyl halides is 3. The SMILES string of the molecule is C[C@H](NC(=O)c1cc(-c2cc(F)cc(C#N)c2)cc2[nH]cc(Sc3ccc(C(F)(F)F)cc3)c12)c1ccc(C(=O)O)cc1. The molecular formula is C32H21F4N3O3S. The van der Waals surface area contributed by atoms with Gasteiger partial charge in [0.05, 0.1) is 34.4 Å². The third kappa shape index (κ3) is 6.39. The van der Waals surface area contributed by atoms with E-state index in [9.17, 15) is 37.5 Å². The molecule has 1 aromatic heterocycles. The van der Waals surface area contributed by atoms with Crippen LogP contribution in [-0.2, 0) is 6.18 Å². The van der Waals surface area contributed by atoms with Crippen molar-refractivity contribution in [3.05, 3.63) is 119 Å². The molecule has 1 heterocycles. The Labute approximate surface area is 247 Å². The summed E-state index contributed by atoms with van der Waals surface area (Å²) in [6, 6.07) is 19.2. The van der Waals surface area contributed by atoms with Crippen molar-refractivity contribution in [3.63, 3.8) is 0 Å². The molecule has 11 heteroatoms. The maximum atomic E-state index is 14.3. The van der Waals surface area contributed by atoms with E-state index in [4.69, 9.17) is 0 Å². The fourth-order valence-electron chi connectivity index (χ4n) is 4.59. The van der Waals surface area contributed by atoms with Gasteiger partial charge in [0.1, 0.15) is 5.82 Å². The highest BCUT2D eigenvalue weighted by atomic mass is 32.2. The summed E-state index contributed by atoms with van der Waals surface area (Å²) in [7, 11) is 0. The Balaban J connectivity index is 1.56. The minimum absolute atomic E-state index is 0.0979. The van der Waals surface area contributed by atoms with Gasteiger partial charge in [-0.2, -0.15) is 18.4 Å². The molecule has 0 bridgehead atoms. The number of aromatic carboxylic acids is 1. The number of rotatable bonds is 7. The molecule has 43 heavy (non-hydrogen) atoms. The van der Waals surface area contributed by atoms with Gasteiger partial charge >= 0.3 is 12.1 Å². The topological polar surface area (TPSA) is 106 Å². The van der Waals surface area contributed by atoms with Crippen LogP contribution in [0.3, 0.4) is 0 Å². The average molecular weight is 604 g/mol. The van der Waals surface area contributed by atoms with E-state index >= 15 is 0 Å². The number of hydrogen-bond donors (Lipinski definition) is 3. The smallest absolute Gasteiger partial charge is 0.416 e. The first-order chi connectivity index (χ1) is 20.4. The minimum Gasteiger partial charge on any atom is -0.478 e. The molecule has 0 aliphatic heterocycles. The van der Waals surface area contributed by atoms with Gasteiger partial charge in [0, 0.05) is 26.9 Å². The Morgan fingerprint density at radius 2 is 1.65 bits per heavy atom. The van der Waals surface area contributed by atoms with Crippen molar-refractivity contribution in [1.29, 1.82) is 5.26 Å². The Kier molecular flexibility index (Phi) is 7.98. The number of carboxylic acids is 1. The molecule has 4 aromatic carbocycles. The number of aromatic nitrogens is 1. The second kappa shape index (κ2) is 11.7. The van der Waals surface area contributed by atoms with E-state index in [1.54, 1.807) is 37.4 Å². The summed E-state index contributed by atoms with van der Waals surface area (Å²) in [5.41, 5.74) is 1.63. The summed E-state index contributed by atoms with van der Waals surface area (Å²) in [6.07, 6.45) is -2.84. The lowest BCUT2D eigenvalue weighted by Crippen LogP contribution is -2.27. The first-order valence-corrected chi connectivity index (χ1v) is 13.6. The molecule has 0 fully saturated rings. The van der Waals surface area contributed by atoms with Gasteiger partial charge in [-0.3, -0.25) is 4.79 Å². The van der Waals surface area contributed by atoms with E-state index < -0.39 is 35.5 Å². The van der Waals surface area contributed by atoms with Crippen molar-refractivity contribution >= 4 is 34.5 Å². The largest absolute Gasteiger partial charge is 0.478 e. The van der Waals surface area contributed by atoms with Crippen LogP contribution in [-0.4, -0.2) is 22.0 Å². The molecule has 0 saturated carbocycles. The van der Waals surface area contributed by atoms with Gasteiger partial charge in [-0.1, -0.05) is 23.9 Å². The van der Waals surface area contributed by atoms with E-state index in [-0.39, 0.29) is 16.7 Å². The molecule has 3 N–H and O–H groups in total. The molecule has 5 aromatic rings. The maximum absolute atomic E-state index is 14.3. The van der Waals surface area contributed by atoms with Crippen molar-refractivity contribution in [1.82, 2.24) is 10.3 Å². The van der Waals surface area contributed by atoms with E-state index in [0.717, 1.165) is 18.2 Å². The fraction of sp³-hybridized carbons (Fsp3) is 0.0938. The van der Waals surface area contributed by atoms with E-state index in [2.05, 4.69) is 10.3 Å². The van der Waals surface area contributed by atoms with Crippen LogP contribution in [0, 0.1) is 17.1 Å². The maximum Gasteiger partial charge on any atom is 0.416 e. The molecule has 6 nitrogen and oxygen atoms in total. The Bertz CT molecular complexity index is 1890. The standard InChI is InChI=1S/C32H21F4N3O3S/c1-17(19-2-4-20(5-3-19)31(41)42)39-30(40)26-13-22(21-10-18(15-37)11-24(33)12-21)14-27-29(26)28(16-38-27)43-25-8-6-23(7-9-25)32(34,35)36/h2-14,16-17,38H,1H3,(H,39,40)(H,41,42)/t17-/m0/s1. The van der Waals surface area contributed by atoms with E-state index in [0.29, 0.717) is 37.4 Å². The summed E-state index contributed by atoms with van der Waals surface area (Å²) in [6.45, 7) is 1.73. The van der Waals surface area contributed by atoms with Crippen LogP contribution in [0.4, 0.5) is 17.6 Å². The highest BCUT2D eigenvalue weighted by molar-refractivity contribution is 7.99. The molecule has 0 saturated heterocycles. The minimum atomic E-state index is -4.47. The predicted octanol–water partition coefficient (Wildman–Crippen LogP) is 8.20. The molecule has 0 radical (unpaired) electrons. The summed E-state index contributed by atoms with van der Waals surface area (Å²) in [5.74, 6) is -2.19. The number of amides is 1. The molecule has 1 atom stereocenters. The molecule has 0 spiro atoms. The third-order valence-corrected chi connectivity index (χ3v) is 7.81. The molecule has 1 amide bonds. The van der Waals surface area contributed by atoms with Crippen LogP contribution >= 0.6 is 11.8 Å². The highest BCUT2D eigenvalue weighted by Gasteiger charge is 2.30. The number of nitriles is 1. The van der Waals surface area contributed by atoms with Crippen molar-refractivity contribution in [2.75, 3.05) is 0 Å². The van der Waals surface area contributed by atoms with Gasteiger partial charge in [-0.05, 0) is 90.3 Å². The Morgan fingerprint density at radius 1 is 0.977 bits per heavy atom. The van der Waals surface area contributed by atoms with Gasteiger partial charge in [0.15, 0.2) is 0 Å². The fourth-order valence-corrected chi connectivity index (χ4v) is 5.56. The summed E-state index contributed by atoms with van der Waals surface area (Å²) in [5, 5.41) is 21.9. The van der Waals surface area contributed by atoms with Gasteiger partial charge in [-0.15, -0.1) is 0 Å². The van der Waals surface area contributed by atoms with Crippen LogP contribution in [0.2, 0.25) is 0 Å². The summed E-state index contributed by atoms with van der Waals surface area (Å²) in [4.78, 5) is 29.2. The molecule has 0 unspecified atom stereocenters. The second-order valence-electron chi connectivity index (χ2n) is 9.69. The Hall–Kier alpha value is -5.08. The molecule has 216 valence electrons. The predicted molar refractivity (Wildman–Crippen MR) is 153 cm³/mol. The number of carbonyl (C=O) groups is 2. The zero-order valence-electron chi connectivity index (χ0n) is 22.3. The van der Waals surface area contributed by atoms with Crippen LogP contribution in [0.1, 0.15) is 50.4 Å². The van der Waals surface area contributed by atoms with Gasteiger partial charge in [0.2, 0.25) is 0 Å². The van der Waals surface area contributed by atoms with Gasteiger partial charge in [-0.25, -0.2) is 9.18 Å². The second-order valence-corrected chi connectivity index (χ2v) is 10.8.